The monoisotopic (exact) mass is 237 g/mol. The number of amides is 1. The van der Waals surface area contributed by atoms with Crippen LogP contribution in [0.5, 0.6) is 0 Å². The van der Waals surface area contributed by atoms with Gasteiger partial charge in [-0.2, -0.15) is 0 Å². The normalized spacial score (nSPS) is 11.2. The molecule has 0 bridgehead atoms. The van der Waals surface area contributed by atoms with Gasteiger partial charge in [-0.3, -0.25) is 9.78 Å². The van der Waals surface area contributed by atoms with Crippen LogP contribution in [-0.4, -0.2) is 28.1 Å². The molecule has 0 unspecified atom stereocenters. The first-order valence-electron chi connectivity index (χ1n) is 5.72. The van der Waals surface area contributed by atoms with Gasteiger partial charge in [0.25, 0.3) is 5.91 Å². The van der Waals surface area contributed by atoms with E-state index < -0.39 is 5.91 Å². The fourth-order valence-corrected chi connectivity index (χ4v) is 1.64. The Balaban J connectivity index is 2.93. The number of carbonyl (C=O) groups is 1. The number of aliphatic hydroxyl groups is 1. The minimum Gasteiger partial charge on any atom is -0.394 e. The van der Waals surface area contributed by atoms with Crippen molar-refractivity contribution >= 4 is 11.6 Å². The number of nitrogens with zero attached hydrogens (tertiary/aromatic N) is 1. The molecule has 1 rings (SSSR count). The summed E-state index contributed by atoms with van der Waals surface area (Å²) in [4.78, 5) is 14.9. The first kappa shape index (κ1) is 13.4. The highest BCUT2D eigenvalue weighted by atomic mass is 16.3. The summed E-state index contributed by atoms with van der Waals surface area (Å²) in [6.45, 7) is 4.04. The highest BCUT2D eigenvalue weighted by Gasteiger charge is 2.24. The van der Waals surface area contributed by atoms with Crippen LogP contribution in [0.3, 0.4) is 0 Å². The third-order valence-electron chi connectivity index (χ3n) is 3.08. The number of nitrogens with one attached hydrogen (secondary N) is 1. The first-order valence-corrected chi connectivity index (χ1v) is 5.72. The standard InChI is InChI=1S/C12H19N3O2/c1-3-12(4-2,8-16)15-9-5-6-14-10(7-9)11(13)17/h5-7,16H,3-4,8H2,1-2H3,(H2,13,17)(H,14,15). The lowest BCUT2D eigenvalue weighted by Gasteiger charge is -2.32. The Morgan fingerprint density at radius 3 is 2.65 bits per heavy atom. The van der Waals surface area contributed by atoms with Crippen LogP contribution >= 0.6 is 0 Å². The van der Waals surface area contributed by atoms with Crippen LogP contribution in [-0.2, 0) is 0 Å². The molecule has 0 saturated carbocycles. The van der Waals surface area contributed by atoms with Crippen LogP contribution < -0.4 is 11.1 Å². The van der Waals surface area contributed by atoms with Crippen molar-refractivity contribution in [1.82, 2.24) is 4.98 Å². The lowest BCUT2D eigenvalue weighted by Crippen LogP contribution is -2.40. The molecule has 5 nitrogen and oxygen atoms in total. The van der Waals surface area contributed by atoms with Crippen LogP contribution in [0.2, 0.25) is 0 Å². The second-order valence-electron chi connectivity index (χ2n) is 4.06. The summed E-state index contributed by atoms with van der Waals surface area (Å²) >= 11 is 0. The molecule has 0 aliphatic rings. The van der Waals surface area contributed by atoms with Crippen molar-refractivity contribution in [3.05, 3.63) is 24.0 Å². The largest absolute Gasteiger partial charge is 0.394 e. The number of pyridine rings is 1. The van der Waals surface area contributed by atoms with E-state index in [2.05, 4.69) is 10.3 Å². The van der Waals surface area contributed by atoms with E-state index >= 15 is 0 Å². The van der Waals surface area contributed by atoms with Crippen LogP contribution in [0, 0.1) is 0 Å². The van der Waals surface area contributed by atoms with Gasteiger partial charge >= 0.3 is 0 Å². The SMILES string of the molecule is CCC(CC)(CO)Nc1ccnc(C(N)=O)c1. The molecule has 0 aromatic carbocycles. The first-order chi connectivity index (χ1) is 8.06. The van der Waals surface area contributed by atoms with Gasteiger partial charge < -0.3 is 16.2 Å². The fourth-order valence-electron chi connectivity index (χ4n) is 1.64. The lowest BCUT2D eigenvalue weighted by molar-refractivity contribution is 0.0995. The van der Waals surface area contributed by atoms with Gasteiger partial charge in [0.05, 0.1) is 12.1 Å². The van der Waals surface area contributed by atoms with Gasteiger partial charge in [0.1, 0.15) is 5.69 Å². The van der Waals surface area contributed by atoms with Gasteiger partial charge in [-0.1, -0.05) is 13.8 Å². The molecule has 17 heavy (non-hydrogen) atoms. The van der Waals surface area contributed by atoms with Gasteiger partial charge in [-0.15, -0.1) is 0 Å². The van der Waals surface area contributed by atoms with Gasteiger partial charge in [-0.25, -0.2) is 0 Å². The Morgan fingerprint density at radius 1 is 1.53 bits per heavy atom. The second kappa shape index (κ2) is 5.63. The Morgan fingerprint density at radius 2 is 2.18 bits per heavy atom. The summed E-state index contributed by atoms with van der Waals surface area (Å²) in [5.41, 5.74) is 5.76. The number of aliphatic hydroxyl groups excluding tert-OH is 1. The van der Waals surface area contributed by atoms with Crippen molar-refractivity contribution in [2.75, 3.05) is 11.9 Å². The molecule has 1 aromatic heterocycles. The quantitative estimate of drug-likeness (QED) is 0.692. The van der Waals surface area contributed by atoms with E-state index in [0.717, 1.165) is 18.5 Å². The zero-order valence-electron chi connectivity index (χ0n) is 10.2. The van der Waals surface area contributed by atoms with Crippen LogP contribution in [0.15, 0.2) is 18.3 Å². The Hall–Kier alpha value is -1.62. The van der Waals surface area contributed by atoms with Crippen molar-refractivity contribution in [1.29, 1.82) is 0 Å². The molecule has 1 heterocycles. The predicted octanol–water partition coefficient (Wildman–Crippen LogP) is 1.14. The molecular formula is C12H19N3O2. The maximum atomic E-state index is 11.0. The summed E-state index contributed by atoms with van der Waals surface area (Å²) < 4.78 is 0. The number of hydrogen-bond acceptors (Lipinski definition) is 4. The van der Waals surface area contributed by atoms with Crippen LogP contribution in [0.4, 0.5) is 5.69 Å². The molecule has 0 spiro atoms. The van der Waals surface area contributed by atoms with Crippen molar-refractivity contribution in [3.8, 4) is 0 Å². The fraction of sp³-hybridized carbons (Fsp3) is 0.500. The maximum absolute atomic E-state index is 11.0. The molecule has 0 saturated heterocycles. The number of primary amides is 1. The minimum atomic E-state index is -0.559. The highest BCUT2D eigenvalue weighted by molar-refractivity contribution is 5.91. The topological polar surface area (TPSA) is 88.2 Å². The highest BCUT2D eigenvalue weighted by Crippen LogP contribution is 2.21. The number of anilines is 1. The lowest BCUT2D eigenvalue weighted by atomic mass is 9.93. The zero-order valence-corrected chi connectivity index (χ0v) is 10.2. The van der Waals surface area contributed by atoms with Gasteiger partial charge in [0.15, 0.2) is 0 Å². The second-order valence-corrected chi connectivity index (χ2v) is 4.06. The summed E-state index contributed by atoms with van der Waals surface area (Å²) in [7, 11) is 0. The third kappa shape index (κ3) is 3.17. The molecule has 1 aromatic rings. The van der Waals surface area contributed by atoms with Crippen molar-refractivity contribution in [3.63, 3.8) is 0 Å². The number of hydrogen-bond donors (Lipinski definition) is 3. The van der Waals surface area contributed by atoms with E-state index in [9.17, 15) is 9.90 Å². The Labute approximate surface area is 101 Å². The summed E-state index contributed by atoms with van der Waals surface area (Å²) in [6.07, 6.45) is 3.10. The Bertz CT molecular complexity index is 381. The number of nitrogens with two attached hydrogens (primary N) is 1. The zero-order chi connectivity index (χ0) is 12.9. The molecule has 5 heteroatoms. The van der Waals surface area contributed by atoms with E-state index in [1.54, 1.807) is 12.1 Å². The number of aromatic nitrogens is 1. The van der Waals surface area contributed by atoms with Gasteiger partial charge in [-0.05, 0) is 25.0 Å². The maximum Gasteiger partial charge on any atom is 0.267 e. The van der Waals surface area contributed by atoms with Crippen LogP contribution in [0.1, 0.15) is 37.2 Å². The molecule has 0 atom stereocenters. The summed E-state index contributed by atoms with van der Waals surface area (Å²) in [5.74, 6) is -0.559. The Kier molecular flexibility index (Phi) is 4.45. The van der Waals surface area contributed by atoms with E-state index in [-0.39, 0.29) is 17.8 Å². The molecule has 0 aliphatic heterocycles. The molecule has 94 valence electrons. The van der Waals surface area contributed by atoms with Crippen molar-refractivity contribution in [2.24, 2.45) is 5.73 Å². The average Bonchev–Trinajstić information content (AvgIpc) is 2.36. The smallest absolute Gasteiger partial charge is 0.267 e. The van der Waals surface area contributed by atoms with Crippen molar-refractivity contribution < 1.29 is 9.90 Å². The molecule has 0 aliphatic carbocycles. The van der Waals surface area contributed by atoms with Crippen LogP contribution in [0.25, 0.3) is 0 Å². The van der Waals surface area contributed by atoms with Gasteiger partial charge in [0.2, 0.25) is 0 Å². The number of carbonyl (C=O) groups excluding carboxylic acids is 1. The molecular weight excluding hydrogens is 218 g/mol. The summed E-state index contributed by atoms with van der Waals surface area (Å²) in [5, 5.41) is 12.7. The van der Waals surface area contributed by atoms with E-state index in [0.29, 0.717) is 0 Å². The summed E-state index contributed by atoms with van der Waals surface area (Å²) in [6, 6.07) is 3.35. The molecule has 0 fully saturated rings. The van der Waals surface area contributed by atoms with Crippen molar-refractivity contribution in [2.45, 2.75) is 32.2 Å². The molecule has 4 N–H and O–H groups in total. The molecule has 1 amide bonds. The predicted molar refractivity (Wildman–Crippen MR) is 66.8 cm³/mol. The molecule has 0 radical (unpaired) electrons. The van der Waals surface area contributed by atoms with E-state index in [1.807, 2.05) is 13.8 Å². The minimum absolute atomic E-state index is 0.0359. The number of rotatable bonds is 6. The van der Waals surface area contributed by atoms with E-state index in [1.165, 1.54) is 6.20 Å². The average molecular weight is 237 g/mol. The third-order valence-corrected chi connectivity index (χ3v) is 3.08. The van der Waals surface area contributed by atoms with E-state index in [4.69, 9.17) is 5.73 Å². The van der Waals surface area contributed by atoms with Gasteiger partial charge in [0, 0.05) is 11.9 Å².